The predicted molar refractivity (Wildman–Crippen MR) is 71.2 cm³/mol. The zero-order valence-corrected chi connectivity index (χ0v) is 11.7. The van der Waals surface area contributed by atoms with E-state index in [0.29, 0.717) is 0 Å². The first kappa shape index (κ1) is 16.3. The molecule has 3 N–H and O–H groups in total. The number of carbonyl (C=O) groups excluding carboxylic acids is 2. The van der Waals surface area contributed by atoms with Gasteiger partial charge in [0.05, 0.1) is 7.11 Å². The van der Waals surface area contributed by atoms with Gasteiger partial charge in [0, 0.05) is 12.5 Å². The molecule has 0 bridgehead atoms. The van der Waals surface area contributed by atoms with Crippen LogP contribution in [0.3, 0.4) is 0 Å². The smallest absolute Gasteiger partial charge is 0.326 e. The third kappa shape index (κ3) is 5.90. The Kier molecular flexibility index (Phi) is 6.83. The van der Waals surface area contributed by atoms with Gasteiger partial charge in [0.15, 0.2) is 0 Å². The summed E-state index contributed by atoms with van der Waals surface area (Å²) in [6.45, 7) is 0. The maximum atomic E-state index is 11.7. The van der Waals surface area contributed by atoms with Crippen LogP contribution in [0.4, 0.5) is 4.79 Å². The van der Waals surface area contributed by atoms with Gasteiger partial charge in [-0.3, -0.25) is 4.79 Å². The zero-order valence-electron chi connectivity index (χ0n) is 11.7. The molecule has 2 amide bonds. The first-order valence-corrected chi connectivity index (χ1v) is 6.89. The molecule has 1 saturated carbocycles. The maximum absolute atomic E-state index is 11.7. The molecule has 0 radical (unpaired) electrons. The van der Waals surface area contributed by atoms with Gasteiger partial charge in [0.2, 0.25) is 0 Å². The average Bonchev–Trinajstić information content (AvgIpc) is 2.43. The lowest BCUT2D eigenvalue weighted by molar-refractivity contribution is -0.142. The number of hydrogen-bond donors (Lipinski definition) is 3. The molecule has 1 rings (SSSR count). The molecule has 1 aliphatic rings. The highest BCUT2D eigenvalue weighted by Gasteiger charge is 2.23. The second kappa shape index (κ2) is 8.39. The molecule has 20 heavy (non-hydrogen) atoms. The average molecular weight is 286 g/mol. The van der Waals surface area contributed by atoms with Crippen molar-refractivity contribution in [2.45, 2.75) is 57.0 Å². The quantitative estimate of drug-likeness (QED) is 0.632. The molecule has 0 spiro atoms. The lowest BCUT2D eigenvalue weighted by atomic mass is 9.96. The van der Waals surface area contributed by atoms with Gasteiger partial charge in [-0.2, -0.15) is 0 Å². The molecule has 7 heteroatoms. The number of urea groups is 1. The van der Waals surface area contributed by atoms with E-state index >= 15 is 0 Å². The summed E-state index contributed by atoms with van der Waals surface area (Å²) < 4.78 is 4.45. The maximum Gasteiger partial charge on any atom is 0.326 e. The van der Waals surface area contributed by atoms with Crippen molar-refractivity contribution < 1.29 is 24.2 Å². The van der Waals surface area contributed by atoms with E-state index in [-0.39, 0.29) is 18.9 Å². The highest BCUT2D eigenvalue weighted by atomic mass is 16.5. The van der Waals surface area contributed by atoms with Crippen LogP contribution in [0.1, 0.15) is 44.9 Å². The molecule has 0 aromatic heterocycles. The van der Waals surface area contributed by atoms with Gasteiger partial charge < -0.3 is 20.5 Å². The minimum absolute atomic E-state index is 0.0140. The first-order valence-electron chi connectivity index (χ1n) is 6.89. The summed E-state index contributed by atoms with van der Waals surface area (Å²) >= 11 is 0. The summed E-state index contributed by atoms with van der Waals surface area (Å²) in [7, 11) is 1.24. The van der Waals surface area contributed by atoms with E-state index in [1.54, 1.807) is 0 Å². The highest BCUT2D eigenvalue weighted by Crippen LogP contribution is 2.17. The second-order valence-electron chi connectivity index (χ2n) is 4.96. The summed E-state index contributed by atoms with van der Waals surface area (Å²) in [5, 5.41) is 14.2. The van der Waals surface area contributed by atoms with Crippen molar-refractivity contribution in [1.82, 2.24) is 10.6 Å². The fourth-order valence-corrected chi connectivity index (χ4v) is 2.25. The van der Waals surface area contributed by atoms with E-state index in [2.05, 4.69) is 15.4 Å². The molecule has 0 saturated heterocycles. The number of nitrogens with one attached hydrogen (secondary N) is 2. The van der Waals surface area contributed by atoms with Crippen LogP contribution >= 0.6 is 0 Å². The lowest BCUT2D eigenvalue weighted by Crippen LogP contribution is -2.49. The summed E-state index contributed by atoms with van der Waals surface area (Å²) in [5.74, 6) is -1.65. The largest absolute Gasteiger partial charge is 0.480 e. The Balaban J connectivity index is 2.37. The van der Waals surface area contributed by atoms with Gasteiger partial charge >= 0.3 is 18.0 Å². The van der Waals surface area contributed by atoms with Crippen LogP contribution in [-0.2, 0) is 14.3 Å². The van der Waals surface area contributed by atoms with Crippen molar-refractivity contribution >= 4 is 18.0 Å². The van der Waals surface area contributed by atoms with Crippen molar-refractivity contribution in [1.29, 1.82) is 0 Å². The van der Waals surface area contributed by atoms with Gasteiger partial charge in [0.25, 0.3) is 0 Å². The van der Waals surface area contributed by atoms with Crippen LogP contribution in [0.5, 0.6) is 0 Å². The van der Waals surface area contributed by atoms with Crippen LogP contribution in [0.15, 0.2) is 0 Å². The monoisotopic (exact) mass is 286 g/mol. The van der Waals surface area contributed by atoms with Crippen LogP contribution in [0.2, 0.25) is 0 Å². The Labute approximate surface area is 118 Å². The van der Waals surface area contributed by atoms with Crippen LogP contribution in [-0.4, -0.2) is 42.3 Å². The van der Waals surface area contributed by atoms with Crippen molar-refractivity contribution in [3.05, 3.63) is 0 Å². The molecule has 7 nitrogen and oxygen atoms in total. The molecular formula is C13H22N2O5. The molecule has 0 aromatic carbocycles. The predicted octanol–water partition coefficient (Wildman–Crippen LogP) is 1.02. The number of methoxy groups -OCH3 is 1. The Morgan fingerprint density at radius 1 is 1.25 bits per heavy atom. The van der Waals surface area contributed by atoms with Crippen LogP contribution in [0, 0.1) is 0 Å². The van der Waals surface area contributed by atoms with E-state index in [9.17, 15) is 14.4 Å². The number of aliphatic carboxylic acids is 1. The molecule has 1 fully saturated rings. The minimum atomic E-state index is -1.16. The van der Waals surface area contributed by atoms with Crippen LogP contribution in [0.25, 0.3) is 0 Å². The Bertz CT molecular complexity index is 353. The number of carboxylic acid groups (broad SMARTS) is 1. The van der Waals surface area contributed by atoms with Crippen molar-refractivity contribution in [2.75, 3.05) is 7.11 Å². The van der Waals surface area contributed by atoms with Crippen LogP contribution < -0.4 is 10.6 Å². The fourth-order valence-electron chi connectivity index (χ4n) is 2.25. The minimum Gasteiger partial charge on any atom is -0.480 e. The normalized spacial score (nSPS) is 17.1. The molecular weight excluding hydrogens is 264 g/mol. The van der Waals surface area contributed by atoms with Gasteiger partial charge in [-0.25, -0.2) is 9.59 Å². The van der Waals surface area contributed by atoms with Gasteiger partial charge in [-0.15, -0.1) is 0 Å². The number of hydrogen-bond acceptors (Lipinski definition) is 4. The zero-order chi connectivity index (χ0) is 15.0. The molecule has 0 unspecified atom stereocenters. The van der Waals surface area contributed by atoms with E-state index in [1.165, 1.54) is 13.5 Å². The third-order valence-electron chi connectivity index (χ3n) is 3.41. The third-order valence-corrected chi connectivity index (χ3v) is 3.41. The number of esters is 1. The van der Waals surface area contributed by atoms with E-state index in [4.69, 9.17) is 5.11 Å². The Morgan fingerprint density at radius 3 is 2.45 bits per heavy atom. The molecule has 0 aliphatic heterocycles. The summed E-state index contributed by atoms with van der Waals surface area (Å²) in [5.41, 5.74) is 0. The Hall–Kier alpha value is -1.79. The number of carbonyl (C=O) groups is 3. The summed E-state index contributed by atoms with van der Waals surface area (Å²) in [4.78, 5) is 33.8. The number of ether oxygens (including phenoxy) is 1. The fraction of sp³-hybridized carbons (Fsp3) is 0.769. The molecule has 0 aromatic rings. The highest BCUT2D eigenvalue weighted by molar-refractivity contribution is 5.83. The topological polar surface area (TPSA) is 105 Å². The standard InChI is InChI=1S/C13H22N2O5/c1-20-11(16)8-7-10(12(17)18)15-13(19)14-9-5-3-2-4-6-9/h9-10H,2-8H2,1H3,(H,17,18)(H2,14,15,19)/t10-/m0/s1. The lowest BCUT2D eigenvalue weighted by Gasteiger charge is -2.24. The first-order chi connectivity index (χ1) is 9.52. The summed E-state index contributed by atoms with van der Waals surface area (Å²) in [6.07, 6.45) is 5.15. The Morgan fingerprint density at radius 2 is 1.90 bits per heavy atom. The van der Waals surface area contributed by atoms with Gasteiger partial charge in [0.1, 0.15) is 6.04 Å². The molecule has 1 aliphatic carbocycles. The van der Waals surface area contributed by atoms with Gasteiger partial charge in [-0.05, 0) is 19.3 Å². The van der Waals surface area contributed by atoms with Crippen molar-refractivity contribution in [3.8, 4) is 0 Å². The second-order valence-corrected chi connectivity index (χ2v) is 4.96. The van der Waals surface area contributed by atoms with E-state index < -0.39 is 24.0 Å². The molecule has 1 atom stereocenters. The molecule has 0 heterocycles. The van der Waals surface area contributed by atoms with Crippen molar-refractivity contribution in [3.63, 3.8) is 0 Å². The summed E-state index contributed by atoms with van der Waals surface area (Å²) in [6, 6.07) is -1.47. The number of rotatable bonds is 6. The number of amides is 2. The van der Waals surface area contributed by atoms with Crippen molar-refractivity contribution in [2.24, 2.45) is 0 Å². The van der Waals surface area contributed by atoms with E-state index in [0.717, 1.165) is 25.7 Å². The van der Waals surface area contributed by atoms with E-state index in [1.807, 2.05) is 0 Å². The molecule has 114 valence electrons. The number of carboxylic acids is 1. The van der Waals surface area contributed by atoms with Gasteiger partial charge in [-0.1, -0.05) is 19.3 Å². The SMILES string of the molecule is COC(=O)CC[C@H](NC(=O)NC1CCCCC1)C(=O)O.